The third-order valence-corrected chi connectivity index (χ3v) is 6.88. The van der Waals surface area contributed by atoms with Crippen LogP contribution >= 0.6 is 0 Å². The lowest BCUT2D eigenvalue weighted by molar-refractivity contribution is -0.384. The molecule has 35 heavy (non-hydrogen) atoms. The van der Waals surface area contributed by atoms with Crippen LogP contribution in [-0.4, -0.2) is 99.0 Å². The molecule has 0 aliphatic carbocycles. The highest BCUT2D eigenvalue weighted by Crippen LogP contribution is 2.29. The molecule has 2 aliphatic rings. The predicted octanol–water partition coefficient (Wildman–Crippen LogP) is 2.12. The number of carbonyl (C=O) groups excluding carboxylic acids is 2. The van der Waals surface area contributed by atoms with Crippen LogP contribution in [0, 0.1) is 16.0 Å². The second-order valence-corrected chi connectivity index (χ2v) is 9.19. The predicted molar refractivity (Wildman–Crippen MR) is 126 cm³/mol. The summed E-state index contributed by atoms with van der Waals surface area (Å²) in [5.41, 5.74) is -0.165. The molecule has 2 heterocycles. The number of methoxy groups -OCH3 is 2. The van der Waals surface area contributed by atoms with Crippen LogP contribution in [0.25, 0.3) is 0 Å². The van der Waals surface area contributed by atoms with Crippen molar-refractivity contribution in [2.24, 2.45) is 5.92 Å². The van der Waals surface area contributed by atoms with Crippen LogP contribution in [-0.2, 0) is 19.0 Å². The van der Waals surface area contributed by atoms with Crippen molar-refractivity contribution < 1.29 is 33.5 Å². The minimum absolute atomic E-state index is 0.0565. The van der Waals surface area contributed by atoms with Gasteiger partial charge >= 0.3 is 0 Å². The molecule has 2 amide bonds. The van der Waals surface area contributed by atoms with Gasteiger partial charge in [0.2, 0.25) is 5.91 Å². The molecule has 0 radical (unpaired) electrons. The lowest BCUT2D eigenvalue weighted by Crippen LogP contribution is -2.47. The van der Waals surface area contributed by atoms with Crippen molar-refractivity contribution in [2.75, 3.05) is 48.0 Å². The van der Waals surface area contributed by atoms with E-state index in [4.69, 9.17) is 18.9 Å². The van der Waals surface area contributed by atoms with Crippen LogP contribution in [0.5, 0.6) is 5.75 Å². The van der Waals surface area contributed by atoms with Crippen molar-refractivity contribution in [3.8, 4) is 5.75 Å². The number of ether oxygens (including phenoxy) is 4. The van der Waals surface area contributed by atoms with Crippen LogP contribution in [0.2, 0.25) is 0 Å². The zero-order chi connectivity index (χ0) is 25.7. The van der Waals surface area contributed by atoms with Crippen molar-refractivity contribution in [1.29, 1.82) is 0 Å². The number of non-ortho nitro benzene ring substituents is 1. The summed E-state index contributed by atoms with van der Waals surface area (Å²) in [5.74, 6) is -0.854. The Hall–Kier alpha value is -2.76. The van der Waals surface area contributed by atoms with Gasteiger partial charge in [0.1, 0.15) is 18.5 Å². The van der Waals surface area contributed by atoms with E-state index in [1.54, 1.807) is 33.0 Å². The summed E-state index contributed by atoms with van der Waals surface area (Å²) in [6, 6.07) is 3.94. The fraction of sp³-hybridized carbons (Fsp3) is 0.667. The van der Waals surface area contributed by atoms with E-state index in [0.29, 0.717) is 13.0 Å². The zero-order valence-corrected chi connectivity index (χ0v) is 21.0. The molecule has 0 unspecified atom stereocenters. The third-order valence-electron chi connectivity index (χ3n) is 6.88. The summed E-state index contributed by atoms with van der Waals surface area (Å²) >= 11 is 0. The van der Waals surface area contributed by atoms with Crippen molar-refractivity contribution in [3.63, 3.8) is 0 Å². The molecule has 2 aliphatic heterocycles. The fourth-order valence-electron chi connectivity index (χ4n) is 4.61. The summed E-state index contributed by atoms with van der Waals surface area (Å²) in [5, 5.41) is 11.4. The second kappa shape index (κ2) is 11.8. The van der Waals surface area contributed by atoms with Crippen LogP contribution in [0.1, 0.15) is 36.5 Å². The number of benzene rings is 1. The molecule has 1 fully saturated rings. The molecular formula is C24H35N3O8. The van der Waals surface area contributed by atoms with Gasteiger partial charge in [0.05, 0.1) is 34.7 Å². The Labute approximate surface area is 205 Å². The Kier molecular flexibility index (Phi) is 9.03. The standard InChI is InChI=1S/C24H35N3O8/c1-15-21(33-5)13-26(3)24(29)18-12-16(27(30)31)6-8-19(18)34-14-22-20(32-4)9-7-17(35-22)10-11-25(2)23(15)28/h6,8,12,15,17,20-22H,7,9-11,13-14H2,1-5H3/t15-,17+,20-,21-,22-/m0/s1. The lowest BCUT2D eigenvalue weighted by Gasteiger charge is -2.37. The van der Waals surface area contributed by atoms with Crippen molar-refractivity contribution in [3.05, 3.63) is 33.9 Å². The molecule has 1 aromatic rings. The van der Waals surface area contributed by atoms with Crippen LogP contribution in [0.3, 0.4) is 0 Å². The fourth-order valence-corrected chi connectivity index (χ4v) is 4.61. The monoisotopic (exact) mass is 493 g/mol. The van der Waals surface area contributed by atoms with E-state index in [2.05, 4.69) is 0 Å². The average molecular weight is 494 g/mol. The number of hydrogen-bond acceptors (Lipinski definition) is 8. The van der Waals surface area contributed by atoms with Gasteiger partial charge < -0.3 is 28.7 Å². The van der Waals surface area contributed by atoms with Gasteiger partial charge in [0.25, 0.3) is 11.6 Å². The highest BCUT2D eigenvalue weighted by molar-refractivity contribution is 5.97. The van der Waals surface area contributed by atoms with Gasteiger partial charge in [0, 0.05) is 53.5 Å². The molecule has 0 N–H and O–H groups in total. The van der Waals surface area contributed by atoms with E-state index < -0.39 is 22.9 Å². The molecule has 0 aromatic heterocycles. The minimum Gasteiger partial charge on any atom is -0.490 e. The van der Waals surface area contributed by atoms with Crippen LogP contribution in [0.4, 0.5) is 5.69 Å². The van der Waals surface area contributed by atoms with E-state index in [-0.39, 0.29) is 54.4 Å². The largest absolute Gasteiger partial charge is 0.490 e. The van der Waals surface area contributed by atoms with Gasteiger partial charge in [-0.3, -0.25) is 19.7 Å². The molecule has 3 rings (SSSR count). The van der Waals surface area contributed by atoms with E-state index in [1.807, 2.05) is 0 Å². The van der Waals surface area contributed by atoms with Gasteiger partial charge in [-0.2, -0.15) is 0 Å². The number of nitrogens with zero attached hydrogens (tertiary/aromatic N) is 3. The van der Waals surface area contributed by atoms with Gasteiger partial charge in [0.15, 0.2) is 0 Å². The first-order chi connectivity index (χ1) is 16.7. The van der Waals surface area contributed by atoms with E-state index in [0.717, 1.165) is 12.8 Å². The molecule has 2 bridgehead atoms. The maximum atomic E-state index is 13.4. The molecule has 0 spiro atoms. The smallest absolute Gasteiger partial charge is 0.270 e. The number of amides is 2. The summed E-state index contributed by atoms with van der Waals surface area (Å²) in [7, 11) is 6.43. The molecule has 1 aromatic carbocycles. The van der Waals surface area contributed by atoms with Gasteiger partial charge in [-0.05, 0) is 25.3 Å². The quantitative estimate of drug-likeness (QED) is 0.464. The van der Waals surface area contributed by atoms with Gasteiger partial charge in [-0.15, -0.1) is 0 Å². The molecule has 5 atom stereocenters. The maximum Gasteiger partial charge on any atom is 0.270 e. The van der Waals surface area contributed by atoms with Crippen molar-refractivity contribution in [2.45, 2.75) is 50.6 Å². The summed E-state index contributed by atoms with van der Waals surface area (Å²) in [4.78, 5) is 40.3. The third kappa shape index (κ3) is 6.28. The Balaban J connectivity index is 1.98. The van der Waals surface area contributed by atoms with E-state index >= 15 is 0 Å². The first kappa shape index (κ1) is 26.8. The number of nitro benzene ring substituents is 1. The molecule has 194 valence electrons. The SMILES string of the molecule is CO[C@H]1CC[C@@H]2CCN(C)C(=O)[C@@H](C)[C@@H](OC)CN(C)C(=O)c3cc([N+](=O)[O-])ccc3OC[C@@H]1O2. The minimum atomic E-state index is -0.562. The number of hydrogen-bond donors (Lipinski definition) is 0. The number of carbonyl (C=O) groups is 2. The Morgan fingerprint density at radius 1 is 1.06 bits per heavy atom. The molecule has 1 saturated heterocycles. The van der Waals surface area contributed by atoms with Crippen LogP contribution in [0.15, 0.2) is 18.2 Å². The molecular weight excluding hydrogens is 458 g/mol. The normalized spacial score (nSPS) is 28.9. The first-order valence-electron chi connectivity index (χ1n) is 11.8. The van der Waals surface area contributed by atoms with Crippen molar-refractivity contribution in [1.82, 2.24) is 9.80 Å². The van der Waals surface area contributed by atoms with Crippen molar-refractivity contribution >= 4 is 17.5 Å². The van der Waals surface area contributed by atoms with Crippen LogP contribution < -0.4 is 4.74 Å². The highest BCUT2D eigenvalue weighted by atomic mass is 16.6. The lowest BCUT2D eigenvalue weighted by atomic mass is 9.98. The summed E-state index contributed by atoms with van der Waals surface area (Å²) in [6.07, 6.45) is 1.01. The maximum absolute atomic E-state index is 13.4. The van der Waals surface area contributed by atoms with Gasteiger partial charge in [-0.25, -0.2) is 0 Å². The summed E-state index contributed by atoms with van der Waals surface area (Å²) in [6.45, 7) is 2.53. The molecule has 11 heteroatoms. The van der Waals surface area contributed by atoms with E-state index in [9.17, 15) is 19.7 Å². The first-order valence-corrected chi connectivity index (χ1v) is 11.8. The number of fused-ring (bicyclic) bond motifs is 3. The second-order valence-electron chi connectivity index (χ2n) is 9.19. The van der Waals surface area contributed by atoms with Gasteiger partial charge in [-0.1, -0.05) is 6.92 Å². The zero-order valence-electron chi connectivity index (χ0n) is 21.0. The average Bonchev–Trinajstić information content (AvgIpc) is 2.86. The van der Waals surface area contributed by atoms with E-state index in [1.165, 1.54) is 30.2 Å². The summed E-state index contributed by atoms with van der Waals surface area (Å²) < 4.78 is 23.4. The highest BCUT2D eigenvalue weighted by Gasteiger charge is 2.34. The topological polar surface area (TPSA) is 121 Å². The molecule has 0 saturated carbocycles. The molecule has 11 nitrogen and oxygen atoms in total. The Morgan fingerprint density at radius 2 is 1.77 bits per heavy atom. The Morgan fingerprint density at radius 3 is 2.43 bits per heavy atom. The number of rotatable bonds is 3. The number of likely N-dealkylation sites (N-methyl/N-ethyl adjacent to an activating group) is 1. The Bertz CT molecular complexity index is 926. The number of nitro groups is 1.